The van der Waals surface area contributed by atoms with Crippen LogP contribution in [0, 0.1) is 0 Å². The Morgan fingerprint density at radius 1 is 0.280 bits per heavy atom. The van der Waals surface area contributed by atoms with Gasteiger partial charge in [-0.1, -0.05) is 12.1 Å². The van der Waals surface area contributed by atoms with Crippen molar-refractivity contribution in [3.05, 3.63) is 271 Å². The SMILES string of the molecule is CC(=O)Cc1ccc(Oc2cc(Oc3ccc(NC(C)=O)cc3)cc(C(=O)Nc3ccc(Oc4cc(Oc5ccc(NC(=O)c6cc(Oc7ccc(NC(C)=O)cc7)cc(Oc7ccc(NC(C)=O)cc7)c6)cc5)cc(C(=O)O)c4)cc3)c2)cc1.Nc1ccc(Oc2ccc(N)cc2)cc1. The van der Waals surface area contributed by atoms with E-state index in [1.165, 1.54) is 58.0 Å². The number of amides is 5. The van der Waals surface area contributed by atoms with Crippen LogP contribution in [-0.2, 0) is 25.6 Å². The number of hydrogen-bond acceptors (Lipinski definition) is 16. The van der Waals surface area contributed by atoms with Crippen molar-refractivity contribution in [1.82, 2.24) is 0 Å². The van der Waals surface area contributed by atoms with Crippen LogP contribution >= 0.6 is 0 Å². The smallest absolute Gasteiger partial charge is 0.335 e. The topological polar surface area (TPSA) is 317 Å². The molecule has 22 heteroatoms. The number of carboxylic acids is 1. The van der Waals surface area contributed by atoms with Gasteiger partial charge in [0.05, 0.1) is 5.56 Å². The minimum atomic E-state index is -1.24. The maximum absolute atomic E-state index is 13.9. The number of aromatic carboxylic acids is 1. The van der Waals surface area contributed by atoms with E-state index in [9.17, 15) is 38.7 Å². The highest BCUT2D eigenvalue weighted by atomic mass is 16.5. The average Bonchev–Trinajstić information content (AvgIpc) is 0.835. The van der Waals surface area contributed by atoms with Crippen LogP contribution in [0.5, 0.6) is 80.5 Å². The number of ketones is 1. The zero-order chi connectivity index (χ0) is 70.7. The molecule has 0 heterocycles. The maximum atomic E-state index is 13.9. The maximum Gasteiger partial charge on any atom is 0.335 e. The molecule has 0 spiro atoms. The molecule has 11 rings (SSSR count). The lowest BCUT2D eigenvalue weighted by atomic mass is 10.1. The standard InChI is InChI=1S/C66H53N5O14.C12H12N2O/c1-39(72)29-43-5-17-52(18-6-43)80-58-30-44(31-59(36-58)81-53-19-7-47(8-20-53)67-40(2)73)64(76)70-50-13-25-56(26-14-50)84-62-34-46(66(78)79)35-63(38-62)85-57-27-15-51(16-28-57)71-65(77)45-32-60(82-54-21-9-48(10-22-54)68-41(3)74)37-61(33-45)83-55-23-11-49(12-24-55)69-42(4)75;13-9-1-5-11(6-2-9)15-12-7-3-10(14)4-8-12/h5-28,30-38H,29H2,1-4H3,(H,67,73)(H,68,74)(H,69,75)(H,70,76)(H,71,77)(H,78,79);1-8H,13-14H2. The number of benzene rings is 11. The summed E-state index contributed by atoms with van der Waals surface area (Å²) in [5.41, 5.74) is 16.2. The number of Topliss-reactive ketones (excluding diaryl/α,β-unsaturated/α-hetero) is 1. The van der Waals surface area contributed by atoms with Crippen molar-refractivity contribution in [1.29, 1.82) is 0 Å². The first kappa shape index (κ1) is 69.0. The van der Waals surface area contributed by atoms with Gasteiger partial charge in [0.15, 0.2) is 0 Å². The van der Waals surface area contributed by atoms with Crippen molar-refractivity contribution < 1.29 is 71.8 Å². The first-order valence-electron chi connectivity index (χ1n) is 30.8. The van der Waals surface area contributed by atoms with Crippen LogP contribution in [0.25, 0.3) is 0 Å². The van der Waals surface area contributed by atoms with Crippen LogP contribution < -0.4 is 71.2 Å². The fraction of sp³-hybridized carbons (Fsp3) is 0.0641. The number of nitrogen functional groups attached to an aromatic ring is 2. The minimum absolute atomic E-state index is 0.0225. The van der Waals surface area contributed by atoms with E-state index in [1.807, 2.05) is 24.3 Å². The monoisotopic (exact) mass is 1340 g/mol. The van der Waals surface area contributed by atoms with Gasteiger partial charge in [-0.15, -0.1) is 0 Å². The van der Waals surface area contributed by atoms with E-state index in [2.05, 4.69) is 26.6 Å². The molecule has 10 N–H and O–H groups in total. The van der Waals surface area contributed by atoms with E-state index < -0.39 is 17.8 Å². The first-order chi connectivity index (χ1) is 48.1. The summed E-state index contributed by atoms with van der Waals surface area (Å²) >= 11 is 0. The Morgan fingerprint density at radius 2 is 0.490 bits per heavy atom. The second kappa shape index (κ2) is 32.5. The average molecular weight is 1340 g/mol. The van der Waals surface area contributed by atoms with Gasteiger partial charge in [-0.3, -0.25) is 28.8 Å². The number of hydrogen-bond donors (Lipinski definition) is 8. The second-order valence-electron chi connectivity index (χ2n) is 22.3. The van der Waals surface area contributed by atoms with Crippen molar-refractivity contribution in [2.75, 3.05) is 38.1 Å². The number of rotatable bonds is 24. The van der Waals surface area contributed by atoms with Crippen molar-refractivity contribution in [3.8, 4) is 80.5 Å². The summed E-state index contributed by atoms with van der Waals surface area (Å²) in [5, 5.41) is 23.9. The number of carboxylic acid groups (broad SMARTS) is 1. The summed E-state index contributed by atoms with van der Waals surface area (Å²) in [7, 11) is 0. The first-order valence-corrected chi connectivity index (χ1v) is 30.8. The molecule has 0 saturated heterocycles. The van der Waals surface area contributed by atoms with Crippen molar-refractivity contribution in [2.24, 2.45) is 0 Å². The zero-order valence-electron chi connectivity index (χ0n) is 54.2. The minimum Gasteiger partial charge on any atom is -0.478 e. The highest BCUT2D eigenvalue weighted by molar-refractivity contribution is 6.06. The van der Waals surface area contributed by atoms with Crippen LogP contribution in [0.3, 0.4) is 0 Å². The zero-order valence-corrected chi connectivity index (χ0v) is 54.2. The molecule has 100 heavy (non-hydrogen) atoms. The van der Waals surface area contributed by atoms with E-state index in [-0.39, 0.29) is 81.1 Å². The largest absolute Gasteiger partial charge is 0.478 e. The molecule has 0 bridgehead atoms. The molecule has 0 fully saturated rings. The van der Waals surface area contributed by atoms with Crippen LogP contribution in [0.15, 0.2) is 249 Å². The summed E-state index contributed by atoms with van der Waals surface area (Å²) in [6.07, 6.45) is 0.279. The molecule has 0 aliphatic rings. The van der Waals surface area contributed by atoms with Crippen LogP contribution in [0.2, 0.25) is 0 Å². The summed E-state index contributed by atoms with van der Waals surface area (Å²) in [6, 6.07) is 67.9. The molecule has 0 saturated carbocycles. The molecule has 0 aliphatic carbocycles. The molecule has 11 aromatic rings. The number of carbonyl (C=O) groups excluding carboxylic acids is 6. The number of anilines is 7. The molecule has 0 radical (unpaired) electrons. The molecule has 11 aromatic carbocycles. The third kappa shape index (κ3) is 21.1. The third-order valence-electron chi connectivity index (χ3n) is 13.9. The Hall–Kier alpha value is -13.9. The van der Waals surface area contributed by atoms with Gasteiger partial charge in [-0.25, -0.2) is 4.79 Å². The lowest BCUT2D eigenvalue weighted by Crippen LogP contribution is -2.12. The molecule has 0 aliphatic heterocycles. The number of nitrogens with one attached hydrogen (secondary N) is 5. The van der Waals surface area contributed by atoms with E-state index in [1.54, 1.807) is 194 Å². The van der Waals surface area contributed by atoms with Gasteiger partial charge >= 0.3 is 5.97 Å². The van der Waals surface area contributed by atoms with Crippen molar-refractivity contribution >= 4 is 81.1 Å². The second-order valence-corrected chi connectivity index (χ2v) is 22.3. The van der Waals surface area contributed by atoms with Gasteiger partial charge in [0.25, 0.3) is 11.8 Å². The Bertz CT molecular complexity index is 4300. The molecular weight excluding hydrogens is 1270 g/mol. The quantitative estimate of drug-likeness (QED) is 0.0261. The molecule has 0 unspecified atom stereocenters. The Morgan fingerprint density at radius 3 is 0.720 bits per heavy atom. The van der Waals surface area contributed by atoms with E-state index in [4.69, 9.17) is 44.6 Å². The molecule has 5 amide bonds. The van der Waals surface area contributed by atoms with Crippen LogP contribution in [0.1, 0.15) is 64.3 Å². The Kier molecular flexibility index (Phi) is 22.4. The Labute approximate surface area is 574 Å². The number of nitrogens with two attached hydrogens (primary N) is 2. The molecule has 0 atom stereocenters. The van der Waals surface area contributed by atoms with Gasteiger partial charge in [0.2, 0.25) is 17.7 Å². The van der Waals surface area contributed by atoms with E-state index in [0.29, 0.717) is 62.9 Å². The van der Waals surface area contributed by atoms with Crippen molar-refractivity contribution in [2.45, 2.75) is 34.1 Å². The summed E-state index contributed by atoms with van der Waals surface area (Å²) < 4.78 is 42.3. The molecule has 22 nitrogen and oxygen atoms in total. The van der Waals surface area contributed by atoms with Gasteiger partial charge in [0, 0.05) is 96.3 Å². The van der Waals surface area contributed by atoms with Gasteiger partial charge in [0.1, 0.15) is 86.3 Å². The molecule has 0 aromatic heterocycles. The highest BCUT2D eigenvalue weighted by Crippen LogP contribution is 2.36. The predicted octanol–water partition coefficient (Wildman–Crippen LogP) is 17.3. The van der Waals surface area contributed by atoms with Crippen LogP contribution in [0.4, 0.5) is 39.8 Å². The molecular formula is C78H65N7O15. The fourth-order valence-corrected chi connectivity index (χ4v) is 9.49. The van der Waals surface area contributed by atoms with Crippen LogP contribution in [-0.4, -0.2) is 46.4 Å². The number of carbonyl (C=O) groups is 7. The fourth-order valence-electron chi connectivity index (χ4n) is 9.49. The van der Waals surface area contributed by atoms with E-state index >= 15 is 0 Å². The van der Waals surface area contributed by atoms with Gasteiger partial charge < -0.3 is 76.3 Å². The summed E-state index contributed by atoms with van der Waals surface area (Å²) in [5.74, 6) is 2.34. The lowest BCUT2D eigenvalue weighted by molar-refractivity contribution is -0.116. The molecule has 502 valence electrons. The predicted molar refractivity (Wildman–Crippen MR) is 380 cm³/mol. The Balaban J connectivity index is 0.000000633. The van der Waals surface area contributed by atoms with Crippen molar-refractivity contribution in [3.63, 3.8) is 0 Å². The normalized spacial score (nSPS) is 10.4. The van der Waals surface area contributed by atoms with Gasteiger partial charge in [-0.2, -0.15) is 0 Å². The number of ether oxygens (including phenoxy) is 7. The van der Waals surface area contributed by atoms with Gasteiger partial charge in [-0.05, 0) is 231 Å². The van der Waals surface area contributed by atoms with E-state index in [0.717, 1.165) is 28.4 Å². The summed E-state index contributed by atoms with van der Waals surface area (Å²) in [6.45, 7) is 5.73. The third-order valence-corrected chi connectivity index (χ3v) is 13.9. The highest BCUT2D eigenvalue weighted by Gasteiger charge is 2.18. The lowest BCUT2D eigenvalue weighted by Gasteiger charge is -2.14. The summed E-state index contributed by atoms with van der Waals surface area (Å²) in [4.78, 5) is 86.3.